The first-order valence-corrected chi connectivity index (χ1v) is 31.4. The van der Waals surface area contributed by atoms with Crippen LogP contribution in [0.4, 0.5) is 0 Å². The molecule has 0 aliphatic rings. The zero-order valence-electron chi connectivity index (χ0n) is 50.9. The smallest absolute Gasteiger partial charge is 0.293 e. The fraction of sp³-hybridized carbons (Fsp3) is 0.0260. The van der Waals surface area contributed by atoms with Gasteiger partial charge < -0.3 is 22.6 Å². The summed E-state index contributed by atoms with van der Waals surface area (Å²) in [6.07, 6.45) is 20.6. The van der Waals surface area contributed by atoms with Crippen molar-refractivity contribution in [2.75, 3.05) is 6.61 Å². The highest BCUT2D eigenvalue weighted by Crippen LogP contribution is 2.26. The Labute approximate surface area is 557 Å². The summed E-state index contributed by atoms with van der Waals surface area (Å²) in [7, 11) is 2.00. The zero-order chi connectivity index (χ0) is 66.8. The third-order valence-electron chi connectivity index (χ3n) is 11.9. The van der Waals surface area contributed by atoms with Crippen LogP contribution in [0.5, 0.6) is 0 Å². The number of hydrogen-bond donors (Lipinski definition) is 0. The van der Waals surface area contributed by atoms with Crippen molar-refractivity contribution < 1.29 is 32.4 Å². The van der Waals surface area contributed by atoms with Crippen molar-refractivity contribution in [1.82, 2.24) is 14.5 Å². The van der Waals surface area contributed by atoms with Crippen molar-refractivity contribution in [3.05, 3.63) is 334 Å². The SMILES string of the molecule is C=Cc1cc2ccccc2o1.C=Cc1cc2ccccc2s1.C=Cc1ccc(/C=C(\C#N)COC=O)cc1.C=Cc1cccn1C.C=Cc1nc2ccccc2o1.C=Cc1nc2ccccc2s1.O=Cc1ccco1.O=Cc1cccs1.[C-]#[N+]/C(C=C)=C\c1cccs1. The molecule has 0 spiro atoms. The number of oxazole rings is 1. The van der Waals surface area contributed by atoms with Crippen LogP contribution in [0.15, 0.2) is 282 Å². The van der Waals surface area contributed by atoms with Gasteiger partial charge >= 0.3 is 0 Å². The van der Waals surface area contributed by atoms with Crippen LogP contribution in [0.3, 0.4) is 0 Å². The number of carbonyl (C=O) groups excluding carboxylic acids is 3. The van der Waals surface area contributed by atoms with Gasteiger partial charge in [0.05, 0.1) is 39.6 Å². The summed E-state index contributed by atoms with van der Waals surface area (Å²) >= 11 is 6.52. The van der Waals surface area contributed by atoms with Crippen molar-refractivity contribution in [2.45, 2.75) is 0 Å². The summed E-state index contributed by atoms with van der Waals surface area (Å²) in [5.74, 6) is 1.78. The summed E-state index contributed by atoms with van der Waals surface area (Å²) in [5.41, 5.74) is 7.71. The lowest BCUT2D eigenvalue weighted by atomic mass is 10.1. The number of aldehydes is 2. The van der Waals surface area contributed by atoms with E-state index >= 15 is 0 Å². The minimum Gasteiger partial charge on any atom is -0.462 e. The van der Waals surface area contributed by atoms with Gasteiger partial charge in [0.15, 0.2) is 29.6 Å². The summed E-state index contributed by atoms with van der Waals surface area (Å²) in [6.45, 7) is 32.5. The number of thiophene rings is 3. The molecule has 0 amide bonds. The average molecular weight is 1300 g/mol. The fourth-order valence-corrected chi connectivity index (χ4v) is 10.3. The van der Waals surface area contributed by atoms with Gasteiger partial charge in [0.25, 0.3) is 6.47 Å². The maximum absolute atomic E-state index is 9.99. The molecule has 12 nitrogen and oxygen atoms in total. The van der Waals surface area contributed by atoms with Crippen molar-refractivity contribution in [2.24, 2.45) is 7.05 Å². The number of rotatable bonds is 14. The molecular weight excluding hydrogens is 1240 g/mol. The molecule has 0 aliphatic carbocycles. The molecule has 0 radical (unpaired) electrons. The molecule has 0 atom stereocenters. The zero-order valence-corrected chi connectivity index (χ0v) is 54.2. The summed E-state index contributed by atoms with van der Waals surface area (Å²) in [4.78, 5) is 44.5. The second-order valence-electron chi connectivity index (χ2n) is 18.2. The fourth-order valence-electron chi connectivity index (χ4n) is 7.38. The van der Waals surface area contributed by atoms with Gasteiger partial charge in [-0.05, 0) is 149 Å². The molecule has 5 aromatic carbocycles. The van der Waals surface area contributed by atoms with E-state index in [9.17, 15) is 14.4 Å². The lowest BCUT2D eigenvalue weighted by molar-refractivity contribution is -0.127. The standard InChI is InChI=1S/C13H11NO2.C10H8O.C10H8S.C9H7NO.2C9H7NS.C7H9N.C5H4O2.C5H4OS/c1-2-11-3-5-12(6-4-11)7-13(8-14)9-16-10-15;2*1-2-9-7-8-5-3-4-6-10(8)11-9;2*1-2-9-10-7-5-3-4-6-8(7)11-9;1-3-8(10-2)7-9-5-4-6-11-9;1-3-7-5-4-6-8(7)2;2*6-4-5-2-1-3-7-5/h2-7,10H,1,9H2;2*2-7H,1H2;2*2-6H,1H2;3-7H,1H2;3-6H,1H2,2H3;2*1-4H/b13-7+;;;;;8-7-;;;. The predicted octanol–water partition coefficient (Wildman–Crippen LogP) is 22.0. The molecule has 13 aromatic rings. The van der Waals surface area contributed by atoms with E-state index in [1.54, 1.807) is 88.7 Å². The Morgan fingerprint density at radius 3 is 1.75 bits per heavy atom. The number of hydrogen-bond acceptors (Lipinski definition) is 14. The Morgan fingerprint density at radius 1 is 0.591 bits per heavy atom. The first kappa shape index (κ1) is 72.1. The normalized spacial score (nSPS) is 9.92. The van der Waals surface area contributed by atoms with Gasteiger partial charge in [0.2, 0.25) is 5.89 Å². The molecule has 0 saturated carbocycles. The number of para-hydroxylation sites is 4. The van der Waals surface area contributed by atoms with Crippen molar-refractivity contribution in [3.63, 3.8) is 0 Å². The Hall–Kier alpha value is -11.6. The molecule has 93 heavy (non-hydrogen) atoms. The molecule has 0 fully saturated rings. The number of nitriles is 1. The second-order valence-corrected chi connectivity index (χ2v) is 22.3. The van der Waals surface area contributed by atoms with Gasteiger partial charge in [-0.2, -0.15) is 5.26 Å². The van der Waals surface area contributed by atoms with E-state index < -0.39 is 0 Å². The van der Waals surface area contributed by atoms with Crippen LogP contribution in [0.1, 0.15) is 63.5 Å². The second kappa shape index (κ2) is 41.6. The van der Waals surface area contributed by atoms with Crippen LogP contribution in [-0.2, 0) is 16.6 Å². The molecule has 0 bridgehead atoms. The third kappa shape index (κ3) is 25.4. The predicted molar refractivity (Wildman–Crippen MR) is 393 cm³/mol. The molecule has 0 saturated heterocycles. The minimum atomic E-state index is 0.00318. The van der Waals surface area contributed by atoms with Gasteiger partial charge in [-0.3, -0.25) is 14.4 Å². The van der Waals surface area contributed by atoms with E-state index in [4.69, 9.17) is 20.7 Å². The highest BCUT2D eigenvalue weighted by molar-refractivity contribution is 7.20. The van der Waals surface area contributed by atoms with E-state index in [2.05, 4.69) is 106 Å². The van der Waals surface area contributed by atoms with Crippen molar-refractivity contribution in [1.29, 1.82) is 5.26 Å². The molecule has 0 N–H and O–H groups in total. The average Bonchev–Trinajstić information content (AvgIpc) is 2.39. The van der Waals surface area contributed by atoms with Crippen LogP contribution in [0.2, 0.25) is 0 Å². The lowest BCUT2D eigenvalue weighted by Gasteiger charge is -1.98. The Morgan fingerprint density at radius 2 is 1.26 bits per heavy atom. The Balaban J connectivity index is 0.000000191. The van der Waals surface area contributed by atoms with E-state index in [0.29, 0.717) is 35.7 Å². The molecule has 16 heteroatoms. The van der Waals surface area contributed by atoms with Crippen LogP contribution in [0.25, 0.3) is 95.8 Å². The summed E-state index contributed by atoms with van der Waals surface area (Å²) < 4.78 is 24.4. The van der Waals surface area contributed by atoms with E-state index in [1.165, 1.54) is 37.3 Å². The number of furan rings is 2. The molecule has 8 heterocycles. The number of allylic oxidation sites excluding steroid dienone is 1. The lowest BCUT2D eigenvalue weighted by Crippen LogP contribution is -1.94. The highest BCUT2D eigenvalue weighted by Gasteiger charge is 2.02. The maximum Gasteiger partial charge on any atom is 0.293 e. The number of thiazole rings is 1. The van der Waals surface area contributed by atoms with E-state index in [0.717, 1.165) is 71.2 Å². The van der Waals surface area contributed by atoms with Crippen LogP contribution < -0.4 is 0 Å². The molecule has 0 aliphatic heterocycles. The van der Waals surface area contributed by atoms with Gasteiger partial charge in [-0.25, -0.2) is 14.8 Å². The van der Waals surface area contributed by atoms with Gasteiger partial charge in [0, 0.05) is 38.8 Å². The maximum atomic E-state index is 9.99. The number of aryl methyl sites for hydroxylation is 1. The number of carbonyl (C=O) groups is 3. The molecule has 464 valence electrons. The Kier molecular flexibility index (Phi) is 32.2. The number of benzene rings is 5. The van der Waals surface area contributed by atoms with Crippen LogP contribution in [0, 0.1) is 17.9 Å². The number of nitrogens with zero attached hydrogens (tertiary/aromatic N) is 5. The van der Waals surface area contributed by atoms with Crippen LogP contribution in [-0.4, -0.2) is 40.2 Å². The first-order chi connectivity index (χ1) is 45.5. The molecule has 8 aromatic heterocycles. The monoisotopic (exact) mass is 1300 g/mol. The number of aromatic nitrogens is 3. The number of fused-ring (bicyclic) bond motifs is 4. The molecule has 13 rings (SSSR count). The van der Waals surface area contributed by atoms with Crippen LogP contribution >= 0.6 is 45.3 Å². The topological polar surface area (TPSA) is 159 Å². The van der Waals surface area contributed by atoms with Gasteiger partial charge in [0.1, 0.15) is 28.5 Å². The summed E-state index contributed by atoms with van der Waals surface area (Å²) in [5, 5.41) is 16.1. The van der Waals surface area contributed by atoms with Crippen molar-refractivity contribution >= 4 is 155 Å². The summed E-state index contributed by atoms with van der Waals surface area (Å²) in [6, 6.07) is 60.5. The van der Waals surface area contributed by atoms with E-state index in [1.807, 2.05) is 180 Å². The quantitative estimate of drug-likeness (QED) is 0.0444. The largest absolute Gasteiger partial charge is 0.462 e. The molecular formula is C77H65N5O7S4. The highest BCUT2D eigenvalue weighted by atomic mass is 32.1. The van der Waals surface area contributed by atoms with Gasteiger partial charge in [-0.15, -0.1) is 51.9 Å². The first-order valence-electron chi connectivity index (χ1n) is 28.0. The van der Waals surface area contributed by atoms with Gasteiger partial charge in [-0.1, -0.05) is 155 Å². The third-order valence-corrected chi connectivity index (χ3v) is 15.7. The van der Waals surface area contributed by atoms with E-state index in [-0.39, 0.29) is 6.61 Å². The van der Waals surface area contributed by atoms with Crippen molar-refractivity contribution in [3.8, 4) is 6.07 Å². The minimum absolute atomic E-state index is 0.00318. The Bertz CT molecular complexity index is 4110. The molecule has 0 unspecified atom stereocenters. The number of ether oxygens (including phenoxy) is 1.